The number of hydrogen-bond donors (Lipinski definition) is 2. The van der Waals surface area contributed by atoms with Crippen molar-refractivity contribution in [3.05, 3.63) is 12.2 Å². The van der Waals surface area contributed by atoms with Crippen LogP contribution in [0.4, 0.5) is 0 Å². The Morgan fingerprint density at radius 3 is 1.34 bits per heavy atom. The quantitative estimate of drug-likeness (QED) is 0.0273. The van der Waals surface area contributed by atoms with Crippen LogP contribution in [-0.2, 0) is 18.4 Å². The van der Waals surface area contributed by atoms with E-state index in [0.717, 1.165) is 38.5 Å². The van der Waals surface area contributed by atoms with Gasteiger partial charge in [0.25, 0.3) is 7.82 Å². The van der Waals surface area contributed by atoms with Crippen LogP contribution in [0.15, 0.2) is 12.2 Å². The molecule has 9 heteroatoms. The highest BCUT2D eigenvalue weighted by molar-refractivity contribution is 7.45. The lowest BCUT2D eigenvalue weighted by atomic mass is 10.0. The van der Waals surface area contributed by atoms with Crippen LogP contribution in [0.1, 0.15) is 245 Å². The molecule has 0 aromatic heterocycles. The molecule has 0 aliphatic carbocycles. The Morgan fingerprint density at radius 1 is 0.586 bits per heavy atom. The molecule has 2 N–H and O–H groups in total. The molecule has 0 radical (unpaired) electrons. The van der Waals surface area contributed by atoms with Gasteiger partial charge in [0.05, 0.1) is 39.9 Å². The Balaban J connectivity index is 4.11. The zero-order valence-electron chi connectivity index (χ0n) is 39.3. The number of rotatable bonds is 46. The Morgan fingerprint density at radius 2 is 0.948 bits per heavy atom. The summed E-state index contributed by atoms with van der Waals surface area (Å²) in [4.78, 5) is 25.4. The lowest BCUT2D eigenvalue weighted by Crippen LogP contribution is -2.46. The van der Waals surface area contributed by atoms with Crippen molar-refractivity contribution in [2.75, 3.05) is 40.9 Å². The van der Waals surface area contributed by atoms with Gasteiger partial charge in [-0.2, -0.15) is 0 Å². The van der Waals surface area contributed by atoms with E-state index in [4.69, 9.17) is 9.05 Å². The fourth-order valence-electron chi connectivity index (χ4n) is 7.51. The first-order valence-electron chi connectivity index (χ1n) is 25.0. The smallest absolute Gasteiger partial charge is 0.268 e. The van der Waals surface area contributed by atoms with Gasteiger partial charge < -0.3 is 28.8 Å². The molecule has 0 aromatic rings. The summed E-state index contributed by atoms with van der Waals surface area (Å²) in [5.74, 6) is -0.163. The van der Waals surface area contributed by atoms with Crippen molar-refractivity contribution < 1.29 is 32.9 Å². The van der Waals surface area contributed by atoms with Gasteiger partial charge in [0.1, 0.15) is 13.2 Å². The number of nitrogens with one attached hydrogen (secondary N) is 1. The van der Waals surface area contributed by atoms with Gasteiger partial charge in [0.15, 0.2) is 0 Å². The minimum atomic E-state index is -4.56. The molecule has 0 aromatic carbocycles. The van der Waals surface area contributed by atoms with Crippen molar-refractivity contribution in [3.8, 4) is 0 Å². The Kier molecular flexibility index (Phi) is 41.0. The van der Waals surface area contributed by atoms with E-state index in [1.165, 1.54) is 180 Å². The number of carbonyl (C=O) groups is 1. The van der Waals surface area contributed by atoms with Gasteiger partial charge in [0.2, 0.25) is 5.91 Å². The summed E-state index contributed by atoms with van der Waals surface area (Å²) < 4.78 is 23.3. The second-order valence-electron chi connectivity index (χ2n) is 18.5. The maximum Gasteiger partial charge on any atom is 0.268 e. The summed E-state index contributed by atoms with van der Waals surface area (Å²) in [7, 11) is 1.31. The van der Waals surface area contributed by atoms with Crippen LogP contribution < -0.4 is 10.2 Å². The number of amides is 1. The molecule has 1 amide bonds. The lowest BCUT2D eigenvalue weighted by Gasteiger charge is -2.30. The first-order valence-corrected chi connectivity index (χ1v) is 26.5. The molecule has 3 unspecified atom stereocenters. The number of likely N-dealkylation sites (N-methyl/N-ethyl adjacent to an activating group) is 1. The number of phosphoric ester groups is 1. The number of hydrogen-bond acceptors (Lipinski definition) is 6. The minimum Gasteiger partial charge on any atom is -0.756 e. The largest absolute Gasteiger partial charge is 0.756 e. The van der Waals surface area contributed by atoms with E-state index < -0.39 is 20.0 Å². The molecule has 0 spiro atoms. The summed E-state index contributed by atoms with van der Waals surface area (Å²) in [6.07, 6.45) is 48.0. The summed E-state index contributed by atoms with van der Waals surface area (Å²) in [5, 5.41) is 13.9. The average Bonchev–Trinajstić information content (AvgIpc) is 3.17. The summed E-state index contributed by atoms with van der Waals surface area (Å²) in [6, 6.07) is -0.795. The van der Waals surface area contributed by atoms with Crippen LogP contribution in [0, 0.1) is 0 Å². The van der Waals surface area contributed by atoms with Crippen molar-refractivity contribution in [1.29, 1.82) is 0 Å². The van der Waals surface area contributed by atoms with Gasteiger partial charge in [-0.1, -0.05) is 212 Å². The standard InChI is InChI=1S/C49H99N2O6P/c1-6-8-10-12-14-16-18-19-20-21-22-23-24-25-26-27-28-29-30-31-33-35-37-39-41-43-49(53)50-47(46-57-58(54,55)56-45-44-51(3,4)5)48(52)42-40-38-36-34-32-17-15-13-11-9-7-2/h21-22,47-48,52H,6-20,23-46H2,1-5H3,(H-,50,53,54,55)/b22-21-. The van der Waals surface area contributed by atoms with Crippen LogP contribution in [0.5, 0.6) is 0 Å². The van der Waals surface area contributed by atoms with E-state index in [9.17, 15) is 19.4 Å². The lowest BCUT2D eigenvalue weighted by molar-refractivity contribution is -0.870. The van der Waals surface area contributed by atoms with Crippen LogP contribution >= 0.6 is 7.82 Å². The van der Waals surface area contributed by atoms with Gasteiger partial charge in [0, 0.05) is 6.42 Å². The first kappa shape index (κ1) is 57.2. The SMILES string of the molecule is CCCCCCCCCC/C=C\CCCCCCCCCCCCCCCC(=O)NC(COP(=O)([O-])OCC[N+](C)(C)C)C(O)CCCCCCCCCCCCC. The van der Waals surface area contributed by atoms with Crippen LogP contribution in [-0.4, -0.2) is 68.5 Å². The number of quaternary nitrogens is 1. The van der Waals surface area contributed by atoms with Gasteiger partial charge >= 0.3 is 0 Å². The zero-order valence-corrected chi connectivity index (χ0v) is 40.2. The number of unbranched alkanes of at least 4 members (excludes halogenated alkanes) is 31. The number of nitrogens with zero attached hydrogens (tertiary/aromatic N) is 1. The molecule has 346 valence electrons. The van der Waals surface area contributed by atoms with Crippen molar-refractivity contribution in [3.63, 3.8) is 0 Å². The third-order valence-electron chi connectivity index (χ3n) is 11.5. The van der Waals surface area contributed by atoms with Gasteiger partial charge in [-0.25, -0.2) is 0 Å². The predicted molar refractivity (Wildman–Crippen MR) is 247 cm³/mol. The molecule has 3 atom stereocenters. The zero-order chi connectivity index (χ0) is 42.8. The second-order valence-corrected chi connectivity index (χ2v) is 19.9. The molecule has 58 heavy (non-hydrogen) atoms. The van der Waals surface area contributed by atoms with Gasteiger partial charge in [-0.05, 0) is 38.5 Å². The molecule has 8 nitrogen and oxygen atoms in total. The van der Waals surface area contributed by atoms with Crippen molar-refractivity contribution >= 4 is 13.7 Å². The van der Waals surface area contributed by atoms with E-state index in [1.807, 2.05) is 21.1 Å². The number of aliphatic hydroxyl groups excluding tert-OH is 1. The fraction of sp³-hybridized carbons (Fsp3) is 0.939. The highest BCUT2D eigenvalue weighted by Crippen LogP contribution is 2.38. The topological polar surface area (TPSA) is 108 Å². The van der Waals surface area contributed by atoms with E-state index in [2.05, 4.69) is 31.3 Å². The van der Waals surface area contributed by atoms with Gasteiger partial charge in [-0.3, -0.25) is 9.36 Å². The number of allylic oxidation sites excluding steroid dienone is 2. The average molecular weight is 843 g/mol. The number of phosphoric acid groups is 1. The molecule has 0 aliphatic rings. The Labute approximate surface area is 361 Å². The monoisotopic (exact) mass is 843 g/mol. The van der Waals surface area contributed by atoms with Crippen LogP contribution in [0.2, 0.25) is 0 Å². The van der Waals surface area contributed by atoms with Crippen LogP contribution in [0.3, 0.4) is 0 Å². The molecule has 0 saturated heterocycles. The predicted octanol–water partition coefficient (Wildman–Crippen LogP) is 13.7. The number of carbonyl (C=O) groups excluding carboxylic acids is 1. The van der Waals surface area contributed by atoms with Crippen molar-refractivity contribution in [2.45, 2.75) is 257 Å². The third-order valence-corrected chi connectivity index (χ3v) is 12.5. The molecule has 0 aliphatic heterocycles. The Hall–Kier alpha value is -0.760. The van der Waals surface area contributed by atoms with E-state index in [0.29, 0.717) is 23.9 Å². The third kappa shape index (κ3) is 43.3. The normalized spacial score (nSPS) is 14.3. The second kappa shape index (κ2) is 41.6. The molecule has 0 rings (SSSR count). The summed E-state index contributed by atoms with van der Waals surface area (Å²) >= 11 is 0. The molecule has 0 saturated carbocycles. The molecule has 0 fully saturated rings. The van der Waals surface area contributed by atoms with Crippen LogP contribution in [0.25, 0.3) is 0 Å². The maximum absolute atomic E-state index is 12.9. The van der Waals surface area contributed by atoms with Crippen molar-refractivity contribution in [2.24, 2.45) is 0 Å². The summed E-state index contributed by atoms with van der Waals surface area (Å²) in [5.41, 5.74) is 0. The molecule has 0 bridgehead atoms. The molecular formula is C49H99N2O6P. The molecular weight excluding hydrogens is 744 g/mol. The highest BCUT2D eigenvalue weighted by atomic mass is 31.2. The minimum absolute atomic E-state index is 0.0144. The van der Waals surface area contributed by atoms with Crippen molar-refractivity contribution in [1.82, 2.24) is 5.32 Å². The summed E-state index contributed by atoms with van der Waals surface area (Å²) in [6.45, 7) is 4.73. The highest BCUT2D eigenvalue weighted by Gasteiger charge is 2.24. The molecule has 0 heterocycles. The van der Waals surface area contributed by atoms with E-state index in [1.54, 1.807) is 0 Å². The Bertz CT molecular complexity index is 958. The number of aliphatic hydroxyl groups is 1. The van der Waals surface area contributed by atoms with Gasteiger partial charge in [-0.15, -0.1) is 0 Å². The van der Waals surface area contributed by atoms with E-state index in [-0.39, 0.29) is 19.1 Å². The van der Waals surface area contributed by atoms with E-state index >= 15 is 0 Å². The first-order chi connectivity index (χ1) is 28.0. The fourth-order valence-corrected chi connectivity index (χ4v) is 8.23. The maximum atomic E-state index is 12.9.